The average Bonchev–Trinajstić information content (AvgIpc) is 3.31. The monoisotopic (exact) mass is 437 g/mol. The molecule has 140 valence electrons. The number of halogens is 1. The van der Waals surface area contributed by atoms with Gasteiger partial charge in [-0.3, -0.25) is 9.59 Å². The third kappa shape index (κ3) is 3.27. The van der Waals surface area contributed by atoms with E-state index in [4.69, 9.17) is 4.42 Å². The zero-order chi connectivity index (χ0) is 19.7. The highest BCUT2D eigenvalue weighted by molar-refractivity contribution is 9.10. The highest BCUT2D eigenvalue weighted by Crippen LogP contribution is 2.40. The lowest BCUT2D eigenvalue weighted by Gasteiger charge is -2.24. The number of carbonyl (C=O) groups is 2. The molecule has 2 aromatic carbocycles. The highest BCUT2D eigenvalue weighted by atomic mass is 79.9. The second-order valence-corrected chi connectivity index (χ2v) is 7.34. The molecular weight excluding hydrogens is 422 g/mol. The van der Waals surface area contributed by atoms with Crippen molar-refractivity contribution in [2.75, 3.05) is 0 Å². The summed E-state index contributed by atoms with van der Waals surface area (Å²) < 4.78 is 6.25. The van der Waals surface area contributed by atoms with Crippen molar-refractivity contribution in [1.29, 1.82) is 0 Å². The van der Waals surface area contributed by atoms with Gasteiger partial charge in [-0.15, -0.1) is 0 Å². The van der Waals surface area contributed by atoms with Gasteiger partial charge in [0, 0.05) is 10.0 Å². The van der Waals surface area contributed by atoms with Crippen LogP contribution >= 0.6 is 15.9 Å². The molecule has 2 heterocycles. The highest BCUT2D eigenvalue weighted by Gasteiger charge is 2.46. The van der Waals surface area contributed by atoms with Gasteiger partial charge in [-0.25, -0.2) is 0 Å². The zero-order valence-corrected chi connectivity index (χ0v) is 16.3. The molecule has 0 saturated carbocycles. The Morgan fingerprint density at radius 3 is 2.36 bits per heavy atom. The maximum absolute atomic E-state index is 12.9. The van der Waals surface area contributed by atoms with Crippen molar-refractivity contribution >= 4 is 33.4 Å². The minimum absolute atomic E-state index is 0.0741. The second-order valence-electron chi connectivity index (χ2n) is 6.42. The summed E-state index contributed by atoms with van der Waals surface area (Å²) >= 11 is 3.40. The number of amides is 1. The van der Waals surface area contributed by atoms with E-state index in [9.17, 15) is 14.7 Å². The molecule has 0 spiro atoms. The lowest BCUT2D eigenvalue weighted by molar-refractivity contribution is -0.140. The Labute approximate surface area is 170 Å². The van der Waals surface area contributed by atoms with Crippen LogP contribution in [-0.4, -0.2) is 21.7 Å². The molecule has 1 aromatic heterocycles. The molecule has 1 aliphatic rings. The Morgan fingerprint density at radius 2 is 1.71 bits per heavy atom. The van der Waals surface area contributed by atoms with Crippen LogP contribution in [-0.2, 0) is 16.1 Å². The fourth-order valence-corrected chi connectivity index (χ4v) is 3.62. The van der Waals surface area contributed by atoms with Gasteiger partial charge in [0.2, 0.25) is 0 Å². The number of benzene rings is 2. The number of hydrogen-bond donors (Lipinski definition) is 1. The molecule has 1 fully saturated rings. The number of nitrogens with zero attached hydrogens (tertiary/aromatic N) is 1. The van der Waals surface area contributed by atoms with Crippen LogP contribution in [0.15, 0.2) is 87.5 Å². The minimum Gasteiger partial charge on any atom is -0.507 e. The molecule has 5 nitrogen and oxygen atoms in total. The van der Waals surface area contributed by atoms with E-state index in [-0.39, 0.29) is 17.9 Å². The van der Waals surface area contributed by atoms with Gasteiger partial charge in [0.1, 0.15) is 11.5 Å². The molecule has 0 aliphatic carbocycles. The van der Waals surface area contributed by atoms with E-state index < -0.39 is 17.7 Å². The summed E-state index contributed by atoms with van der Waals surface area (Å²) in [6.07, 6.45) is 1.52. The van der Waals surface area contributed by atoms with Gasteiger partial charge in [0.15, 0.2) is 0 Å². The predicted molar refractivity (Wildman–Crippen MR) is 107 cm³/mol. The van der Waals surface area contributed by atoms with Crippen LogP contribution in [0, 0.1) is 0 Å². The standard InChI is InChI=1S/C22H16BrNO4/c23-16-10-8-14(9-11-16)19-18(20(25)15-5-2-1-3-6-15)21(26)22(27)24(19)13-17-7-4-12-28-17/h1-12,19,25H,13H2/t19-/m1/s1. The lowest BCUT2D eigenvalue weighted by Crippen LogP contribution is -2.29. The molecule has 0 unspecified atom stereocenters. The number of carbonyl (C=O) groups excluding carboxylic acids is 2. The number of Topliss-reactive ketones (excluding diaryl/α,β-unsaturated/α-hetero) is 1. The molecule has 0 bridgehead atoms. The number of rotatable bonds is 4. The number of ketones is 1. The Kier molecular flexibility index (Phi) is 4.88. The maximum Gasteiger partial charge on any atom is 0.296 e. The first-order chi connectivity index (χ1) is 13.6. The second kappa shape index (κ2) is 7.48. The predicted octanol–water partition coefficient (Wildman–Crippen LogP) is 4.66. The molecule has 4 rings (SSSR count). The smallest absolute Gasteiger partial charge is 0.296 e. The molecule has 28 heavy (non-hydrogen) atoms. The van der Waals surface area contributed by atoms with Crippen molar-refractivity contribution < 1.29 is 19.1 Å². The molecule has 1 saturated heterocycles. The van der Waals surface area contributed by atoms with E-state index in [0.717, 1.165) is 10.0 Å². The normalized spacial score (nSPS) is 18.6. The summed E-state index contributed by atoms with van der Waals surface area (Å²) in [7, 11) is 0. The van der Waals surface area contributed by atoms with Gasteiger partial charge < -0.3 is 14.4 Å². The van der Waals surface area contributed by atoms with Gasteiger partial charge in [-0.2, -0.15) is 0 Å². The number of likely N-dealkylation sites (tertiary alicyclic amines) is 1. The molecule has 0 radical (unpaired) electrons. The summed E-state index contributed by atoms with van der Waals surface area (Å²) in [5.74, 6) is -1.000. The first-order valence-electron chi connectivity index (χ1n) is 8.68. The van der Waals surface area contributed by atoms with Crippen LogP contribution < -0.4 is 0 Å². The minimum atomic E-state index is -0.710. The van der Waals surface area contributed by atoms with Crippen molar-refractivity contribution in [3.63, 3.8) is 0 Å². The van der Waals surface area contributed by atoms with E-state index >= 15 is 0 Å². The molecule has 1 aliphatic heterocycles. The van der Waals surface area contributed by atoms with Gasteiger partial charge in [-0.05, 0) is 29.8 Å². The third-order valence-electron chi connectivity index (χ3n) is 4.68. The number of aliphatic hydroxyl groups excluding tert-OH is 1. The summed E-state index contributed by atoms with van der Waals surface area (Å²) in [5.41, 5.74) is 1.29. The summed E-state index contributed by atoms with van der Waals surface area (Å²) in [6, 6.07) is 18.8. The Morgan fingerprint density at radius 1 is 1.00 bits per heavy atom. The Bertz CT molecular complexity index is 1040. The number of furan rings is 1. The average molecular weight is 438 g/mol. The van der Waals surface area contributed by atoms with E-state index in [0.29, 0.717) is 11.3 Å². The van der Waals surface area contributed by atoms with Gasteiger partial charge in [0.25, 0.3) is 11.7 Å². The maximum atomic E-state index is 12.9. The topological polar surface area (TPSA) is 70.8 Å². The fraction of sp³-hybridized carbons (Fsp3) is 0.0909. The molecule has 3 aromatic rings. The van der Waals surface area contributed by atoms with Crippen LogP contribution in [0.1, 0.15) is 22.9 Å². The Balaban J connectivity index is 1.86. The first kappa shape index (κ1) is 18.3. The van der Waals surface area contributed by atoms with Crippen LogP contribution in [0.3, 0.4) is 0 Å². The zero-order valence-electron chi connectivity index (χ0n) is 14.7. The number of hydrogen-bond acceptors (Lipinski definition) is 4. The van der Waals surface area contributed by atoms with Crippen LogP contribution in [0.2, 0.25) is 0 Å². The van der Waals surface area contributed by atoms with Crippen molar-refractivity contribution in [3.05, 3.63) is 99.9 Å². The quantitative estimate of drug-likeness (QED) is 0.365. The largest absolute Gasteiger partial charge is 0.507 e. The molecule has 6 heteroatoms. The van der Waals surface area contributed by atoms with E-state index in [2.05, 4.69) is 15.9 Å². The van der Waals surface area contributed by atoms with Crippen LogP contribution in [0.5, 0.6) is 0 Å². The fourth-order valence-electron chi connectivity index (χ4n) is 3.36. The SMILES string of the molecule is O=C1C(=O)N(Cc2ccco2)[C@H](c2ccc(Br)cc2)C1=C(O)c1ccccc1. The first-order valence-corrected chi connectivity index (χ1v) is 9.47. The van der Waals surface area contributed by atoms with Gasteiger partial charge in [-0.1, -0.05) is 58.4 Å². The summed E-state index contributed by atoms with van der Waals surface area (Å²) in [5, 5.41) is 10.9. The van der Waals surface area contributed by atoms with Crippen molar-refractivity contribution in [1.82, 2.24) is 4.90 Å². The van der Waals surface area contributed by atoms with Crippen molar-refractivity contribution in [3.8, 4) is 0 Å². The molecule has 1 atom stereocenters. The van der Waals surface area contributed by atoms with Gasteiger partial charge in [0.05, 0.1) is 24.4 Å². The third-order valence-corrected chi connectivity index (χ3v) is 5.21. The lowest BCUT2D eigenvalue weighted by atomic mass is 9.95. The molecular formula is C22H16BrNO4. The molecule has 1 N–H and O–H groups in total. The molecule has 1 amide bonds. The number of aliphatic hydroxyl groups is 1. The van der Waals surface area contributed by atoms with Crippen LogP contribution in [0.4, 0.5) is 0 Å². The van der Waals surface area contributed by atoms with E-state index in [1.807, 2.05) is 30.3 Å². The van der Waals surface area contributed by atoms with E-state index in [1.54, 1.807) is 36.4 Å². The van der Waals surface area contributed by atoms with Gasteiger partial charge >= 0.3 is 0 Å². The van der Waals surface area contributed by atoms with Crippen LogP contribution in [0.25, 0.3) is 5.76 Å². The van der Waals surface area contributed by atoms with Crippen molar-refractivity contribution in [2.45, 2.75) is 12.6 Å². The van der Waals surface area contributed by atoms with Crippen molar-refractivity contribution in [2.24, 2.45) is 0 Å². The summed E-state index contributed by atoms with van der Waals surface area (Å²) in [6.45, 7) is 0.129. The van der Waals surface area contributed by atoms with E-state index in [1.165, 1.54) is 11.2 Å². The Hall–Kier alpha value is -3.12. The summed E-state index contributed by atoms with van der Waals surface area (Å²) in [4.78, 5) is 27.1.